The molecule has 2 saturated carbocycles. The Balaban J connectivity index is 1.14. The number of hydrogen-bond donors (Lipinski definition) is 4. The summed E-state index contributed by atoms with van der Waals surface area (Å²) in [5, 5.41) is 28.2. The number of aliphatic hydroxyl groups excluding tert-OH is 2. The summed E-state index contributed by atoms with van der Waals surface area (Å²) in [6.45, 7) is 10.6. The fraction of sp³-hybridized carbons (Fsp3) is 0.750. The SMILES string of the molecule is CCCCCC1(CCCCC)OC2C3CC4(C(=O)NC(C(=O)NC(CO)CCC(=O)OC(C)(C)C)C(C)O)C(ON(Cc5ccc(C=CC6CCC7OC7C6)cc5)C4C(=O)O3)C2O1. The lowest BCUT2D eigenvalue weighted by atomic mass is 9.62. The van der Waals surface area contributed by atoms with Crippen molar-refractivity contribution in [2.24, 2.45) is 11.3 Å². The molecule has 15 nitrogen and oxygen atoms in total. The van der Waals surface area contributed by atoms with E-state index in [0.717, 1.165) is 68.9 Å². The lowest BCUT2D eigenvalue weighted by molar-refractivity contribution is -0.224. The van der Waals surface area contributed by atoms with Crippen molar-refractivity contribution in [3.8, 4) is 0 Å². The molecule has 4 aliphatic heterocycles. The molecule has 350 valence electrons. The minimum Gasteiger partial charge on any atom is -0.460 e. The quantitative estimate of drug-likeness (QED) is 0.0719. The minimum absolute atomic E-state index is 0.0434. The molecule has 7 rings (SSSR count). The van der Waals surface area contributed by atoms with Crippen LogP contribution in [0.15, 0.2) is 30.3 Å². The zero-order valence-electron chi connectivity index (χ0n) is 38.1. The molecule has 12 unspecified atom stereocenters. The summed E-state index contributed by atoms with van der Waals surface area (Å²) in [4.78, 5) is 62.6. The maximum atomic E-state index is 15.2. The number of hydrogen-bond acceptors (Lipinski definition) is 13. The maximum Gasteiger partial charge on any atom is 0.327 e. The van der Waals surface area contributed by atoms with E-state index in [0.29, 0.717) is 31.0 Å². The van der Waals surface area contributed by atoms with Crippen LogP contribution < -0.4 is 10.6 Å². The van der Waals surface area contributed by atoms with Crippen molar-refractivity contribution in [3.63, 3.8) is 0 Å². The molecule has 0 spiro atoms. The first-order valence-corrected chi connectivity index (χ1v) is 23.6. The average Bonchev–Trinajstić information content (AvgIpc) is 3.78. The Bertz CT molecular complexity index is 1790. The second kappa shape index (κ2) is 20.0. The molecule has 12 atom stereocenters. The Hall–Kier alpha value is -3.44. The van der Waals surface area contributed by atoms with Gasteiger partial charge in [-0.15, -0.1) is 0 Å². The van der Waals surface area contributed by atoms with Crippen LogP contribution in [0.4, 0.5) is 0 Å². The maximum absolute atomic E-state index is 15.2. The number of fused-ring (bicyclic) bond motifs is 5. The van der Waals surface area contributed by atoms with Gasteiger partial charge in [0.1, 0.15) is 41.5 Å². The molecule has 2 aliphatic carbocycles. The molecule has 1 aromatic rings. The number of unbranched alkanes of at least 4 members (excludes halogenated alkanes) is 4. The van der Waals surface area contributed by atoms with Gasteiger partial charge < -0.3 is 44.5 Å². The third-order valence-corrected chi connectivity index (χ3v) is 13.7. The predicted molar refractivity (Wildman–Crippen MR) is 231 cm³/mol. The van der Waals surface area contributed by atoms with E-state index in [-0.39, 0.29) is 25.8 Å². The van der Waals surface area contributed by atoms with E-state index in [1.165, 1.54) is 12.0 Å². The molecule has 63 heavy (non-hydrogen) atoms. The number of nitrogens with one attached hydrogen (secondary N) is 2. The number of amides is 2. The summed E-state index contributed by atoms with van der Waals surface area (Å²) in [6.07, 6.45) is 10.9. The Kier molecular flexibility index (Phi) is 15.1. The van der Waals surface area contributed by atoms with Gasteiger partial charge in [-0.05, 0) is 83.3 Å². The van der Waals surface area contributed by atoms with E-state index < -0.39 is 95.8 Å². The van der Waals surface area contributed by atoms with Gasteiger partial charge in [-0.2, -0.15) is 5.06 Å². The number of esters is 2. The molecule has 6 fully saturated rings. The van der Waals surface area contributed by atoms with Crippen LogP contribution in [-0.4, -0.2) is 118 Å². The Morgan fingerprint density at radius 3 is 2.30 bits per heavy atom. The van der Waals surface area contributed by atoms with Crippen molar-refractivity contribution < 1.29 is 57.9 Å². The standard InChI is InChI=1S/C48H71N3O12/c1-7-9-11-23-47(24-12-10-8-2)61-39-36-26-48(45(57)50-38(29(3)53)43(55)49-33(28-52)20-22-37(54)60-46(4,5)6)41(44(56)59-36)51(63-42(48)40(39)62-47)27-32-17-14-30(15-18-32)13-16-31-19-21-34-35(25-31)58-34/h13-18,29,31,33-36,38-42,52-53H,7-12,19-28H2,1-6H3,(H,49,55)(H,50,57). The Morgan fingerprint density at radius 2 is 1.67 bits per heavy atom. The van der Waals surface area contributed by atoms with Gasteiger partial charge >= 0.3 is 11.9 Å². The van der Waals surface area contributed by atoms with Crippen molar-refractivity contribution in [3.05, 3.63) is 41.5 Å². The molecule has 4 heterocycles. The number of benzene rings is 1. The topological polar surface area (TPSA) is 195 Å². The summed E-state index contributed by atoms with van der Waals surface area (Å²) < 4.78 is 31.2. The molecule has 4 N–H and O–H groups in total. The lowest BCUT2D eigenvalue weighted by Gasteiger charge is -2.49. The van der Waals surface area contributed by atoms with Crippen molar-refractivity contribution in [1.29, 1.82) is 0 Å². The van der Waals surface area contributed by atoms with Crippen LogP contribution in [0.3, 0.4) is 0 Å². The number of nitrogens with zero attached hydrogens (tertiary/aromatic N) is 1. The third kappa shape index (κ3) is 10.8. The van der Waals surface area contributed by atoms with Crippen LogP contribution in [0.25, 0.3) is 6.08 Å². The number of aliphatic hydroxyl groups is 2. The number of ether oxygens (including phenoxy) is 5. The molecule has 6 aliphatic rings. The van der Waals surface area contributed by atoms with Crippen LogP contribution in [-0.2, 0) is 54.2 Å². The molecule has 0 aromatic heterocycles. The van der Waals surface area contributed by atoms with Crippen molar-refractivity contribution in [2.75, 3.05) is 6.61 Å². The second-order valence-electron chi connectivity index (χ2n) is 19.8. The molecule has 2 amide bonds. The number of epoxide rings is 1. The average molecular weight is 882 g/mol. The monoisotopic (exact) mass is 882 g/mol. The highest BCUT2D eigenvalue weighted by Gasteiger charge is 2.76. The fourth-order valence-electron chi connectivity index (χ4n) is 10.3. The van der Waals surface area contributed by atoms with Gasteiger partial charge in [0.05, 0.1) is 37.5 Å². The number of carbonyl (C=O) groups is 4. The number of carbonyl (C=O) groups excluding carboxylic acids is 4. The zero-order chi connectivity index (χ0) is 45.1. The highest BCUT2D eigenvalue weighted by molar-refractivity contribution is 5.96. The van der Waals surface area contributed by atoms with Gasteiger partial charge in [-0.1, -0.05) is 75.9 Å². The van der Waals surface area contributed by atoms with Crippen LogP contribution in [0, 0.1) is 11.3 Å². The van der Waals surface area contributed by atoms with Crippen LogP contribution in [0.5, 0.6) is 0 Å². The lowest BCUT2D eigenvalue weighted by Crippen LogP contribution is -2.71. The van der Waals surface area contributed by atoms with Gasteiger partial charge in [-0.25, -0.2) is 0 Å². The van der Waals surface area contributed by atoms with Crippen molar-refractivity contribution in [2.45, 2.75) is 210 Å². The predicted octanol–water partition coefficient (Wildman–Crippen LogP) is 5.17. The van der Waals surface area contributed by atoms with E-state index in [1.807, 2.05) is 24.3 Å². The van der Waals surface area contributed by atoms with E-state index in [2.05, 4.69) is 36.6 Å². The molecule has 4 saturated heterocycles. The smallest absolute Gasteiger partial charge is 0.327 e. The normalized spacial score (nSPS) is 32.0. The van der Waals surface area contributed by atoms with E-state index >= 15 is 4.79 Å². The highest BCUT2D eigenvalue weighted by Crippen LogP contribution is 2.58. The number of rotatable bonds is 21. The van der Waals surface area contributed by atoms with E-state index in [9.17, 15) is 24.6 Å². The molecular weight excluding hydrogens is 811 g/mol. The highest BCUT2D eigenvalue weighted by atomic mass is 16.8. The summed E-state index contributed by atoms with van der Waals surface area (Å²) in [5.41, 5.74) is -0.408. The number of allylic oxidation sites excluding steroid dienone is 1. The third-order valence-electron chi connectivity index (χ3n) is 13.7. The van der Waals surface area contributed by atoms with Crippen molar-refractivity contribution in [1.82, 2.24) is 15.7 Å². The summed E-state index contributed by atoms with van der Waals surface area (Å²) in [6, 6.07) is 4.44. The minimum atomic E-state index is -1.60. The van der Waals surface area contributed by atoms with Gasteiger partial charge in [0.25, 0.3) is 0 Å². The van der Waals surface area contributed by atoms with Crippen molar-refractivity contribution >= 4 is 29.8 Å². The number of hydroxylamine groups is 2. The van der Waals surface area contributed by atoms with Crippen LogP contribution in [0.1, 0.15) is 143 Å². The first-order chi connectivity index (χ1) is 30.1. The molecule has 2 bridgehead atoms. The summed E-state index contributed by atoms with van der Waals surface area (Å²) >= 11 is 0. The van der Waals surface area contributed by atoms with Gasteiger partial charge in [0, 0.05) is 25.7 Å². The molecule has 0 radical (unpaired) electrons. The first-order valence-electron chi connectivity index (χ1n) is 23.6. The van der Waals surface area contributed by atoms with Gasteiger partial charge in [-0.3, -0.25) is 24.0 Å². The van der Waals surface area contributed by atoms with Gasteiger partial charge in [0.15, 0.2) is 11.8 Å². The second-order valence-corrected chi connectivity index (χ2v) is 19.8. The van der Waals surface area contributed by atoms with Gasteiger partial charge in [0.2, 0.25) is 11.8 Å². The summed E-state index contributed by atoms with van der Waals surface area (Å²) in [7, 11) is 0. The van der Waals surface area contributed by atoms with E-state index in [4.69, 9.17) is 28.5 Å². The molecule has 15 heteroatoms. The first kappa shape index (κ1) is 47.5. The van der Waals surface area contributed by atoms with E-state index in [1.54, 1.807) is 20.8 Å². The Labute approximate surface area is 372 Å². The van der Waals surface area contributed by atoms with Crippen LogP contribution >= 0.6 is 0 Å². The fourth-order valence-corrected chi connectivity index (χ4v) is 10.3. The van der Waals surface area contributed by atoms with Crippen LogP contribution in [0.2, 0.25) is 0 Å². The Morgan fingerprint density at radius 1 is 0.968 bits per heavy atom. The summed E-state index contributed by atoms with van der Waals surface area (Å²) in [5.74, 6) is -3.03. The zero-order valence-corrected chi connectivity index (χ0v) is 38.1. The molecule has 1 aromatic carbocycles. The molecular formula is C48H71N3O12. The largest absolute Gasteiger partial charge is 0.460 e.